The Kier molecular flexibility index (Phi) is 5.83. The second-order valence-corrected chi connectivity index (χ2v) is 6.82. The maximum atomic E-state index is 12.2. The molecule has 0 bridgehead atoms. The van der Waals surface area contributed by atoms with Gasteiger partial charge < -0.3 is 10.1 Å². The molecule has 4 heteroatoms. The van der Waals surface area contributed by atoms with Gasteiger partial charge in [-0.3, -0.25) is 4.79 Å². The van der Waals surface area contributed by atoms with Gasteiger partial charge in [0.25, 0.3) is 0 Å². The first-order chi connectivity index (χ1) is 8.81. The fourth-order valence-electron chi connectivity index (χ4n) is 2.92. The average Bonchev–Trinajstić information content (AvgIpc) is 2.42. The van der Waals surface area contributed by atoms with Crippen molar-refractivity contribution in [2.45, 2.75) is 56.7 Å². The van der Waals surface area contributed by atoms with Gasteiger partial charge in [-0.25, -0.2) is 0 Å². The summed E-state index contributed by atoms with van der Waals surface area (Å²) in [6, 6.07) is 0.387. The van der Waals surface area contributed by atoms with Gasteiger partial charge in [0.1, 0.15) is 0 Å². The Hall–Kier alpha value is -0.220. The molecular weight excluding hydrogens is 246 g/mol. The average molecular weight is 271 g/mol. The van der Waals surface area contributed by atoms with Crippen LogP contribution in [0.25, 0.3) is 0 Å². The molecule has 1 saturated carbocycles. The minimum Gasteiger partial charge on any atom is -0.381 e. The summed E-state index contributed by atoms with van der Waals surface area (Å²) in [7, 11) is 0. The molecule has 0 aromatic heterocycles. The normalized spacial score (nSPS) is 33.1. The Labute approximate surface area is 114 Å². The summed E-state index contributed by atoms with van der Waals surface area (Å²) in [6.45, 7) is 3.64. The molecule has 104 valence electrons. The van der Waals surface area contributed by atoms with Crippen molar-refractivity contribution in [3.8, 4) is 0 Å². The van der Waals surface area contributed by atoms with E-state index in [1.807, 2.05) is 11.8 Å². The molecule has 0 radical (unpaired) electrons. The van der Waals surface area contributed by atoms with E-state index >= 15 is 0 Å². The van der Waals surface area contributed by atoms with Crippen molar-refractivity contribution in [2.75, 3.05) is 19.0 Å². The monoisotopic (exact) mass is 271 g/mol. The van der Waals surface area contributed by atoms with E-state index in [2.05, 4.69) is 12.2 Å². The fraction of sp³-hybridized carbons (Fsp3) is 0.929. The number of carbonyl (C=O) groups is 1. The molecule has 2 aliphatic rings. The molecule has 1 N–H and O–H groups in total. The first-order valence-corrected chi connectivity index (χ1v) is 8.36. The topological polar surface area (TPSA) is 38.3 Å². The summed E-state index contributed by atoms with van der Waals surface area (Å²) >= 11 is 2.00. The lowest BCUT2D eigenvalue weighted by Gasteiger charge is -2.33. The van der Waals surface area contributed by atoms with E-state index in [1.165, 1.54) is 19.3 Å². The van der Waals surface area contributed by atoms with Gasteiger partial charge in [-0.05, 0) is 31.4 Å². The Bertz CT molecular complexity index is 265. The molecule has 0 unspecified atom stereocenters. The molecule has 3 atom stereocenters. The molecule has 1 aliphatic carbocycles. The third kappa shape index (κ3) is 3.89. The molecule has 18 heavy (non-hydrogen) atoms. The van der Waals surface area contributed by atoms with Gasteiger partial charge in [0, 0.05) is 17.9 Å². The van der Waals surface area contributed by atoms with Crippen molar-refractivity contribution in [2.24, 2.45) is 5.92 Å². The Morgan fingerprint density at radius 3 is 2.83 bits per heavy atom. The van der Waals surface area contributed by atoms with Crippen LogP contribution in [-0.4, -0.2) is 36.2 Å². The highest BCUT2D eigenvalue weighted by Crippen LogP contribution is 2.29. The van der Waals surface area contributed by atoms with E-state index in [-0.39, 0.29) is 11.8 Å². The molecule has 1 aliphatic heterocycles. The summed E-state index contributed by atoms with van der Waals surface area (Å²) < 4.78 is 5.40. The fourth-order valence-corrected chi connectivity index (χ4v) is 4.12. The zero-order chi connectivity index (χ0) is 12.8. The summed E-state index contributed by atoms with van der Waals surface area (Å²) in [6.07, 6.45) is 6.99. The largest absolute Gasteiger partial charge is 0.381 e. The second kappa shape index (κ2) is 7.39. The molecule has 1 saturated heterocycles. The quantitative estimate of drug-likeness (QED) is 0.854. The van der Waals surface area contributed by atoms with Gasteiger partial charge in [-0.2, -0.15) is 11.8 Å². The minimum atomic E-state index is 0.0907. The highest BCUT2D eigenvalue weighted by Gasteiger charge is 2.29. The van der Waals surface area contributed by atoms with E-state index < -0.39 is 0 Å². The Balaban J connectivity index is 1.83. The van der Waals surface area contributed by atoms with Crippen LogP contribution in [0, 0.1) is 5.92 Å². The third-order valence-electron chi connectivity index (χ3n) is 3.94. The second-order valence-electron chi connectivity index (χ2n) is 5.31. The molecule has 2 rings (SSSR count). The van der Waals surface area contributed by atoms with Crippen molar-refractivity contribution in [1.29, 1.82) is 0 Å². The highest BCUT2D eigenvalue weighted by molar-refractivity contribution is 7.99. The van der Waals surface area contributed by atoms with Gasteiger partial charge in [0.05, 0.1) is 12.5 Å². The molecule has 2 fully saturated rings. The molecule has 0 aromatic carbocycles. The van der Waals surface area contributed by atoms with E-state index in [0.29, 0.717) is 17.9 Å². The van der Waals surface area contributed by atoms with Crippen LogP contribution in [0.4, 0.5) is 0 Å². The number of hydrogen-bond donors (Lipinski definition) is 1. The van der Waals surface area contributed by atoms with Crippen LogP contribution in [0.2, 0.25) is 0 Å². The van der Waals surface area contributed by atoms with Gasteiger partial charge in [-0.15, -0.1) is 0 Å². The Morgan fingerprint density at radius 2 is 2.11 bits per heavy atom. The maximum absolute atomic E-state index is 12.2. The molecule has 3 nitrogen and oxygen atoms in total. The summed E-state index contributed by atoms with van der Waals surface area (Å²) in [5.74, 6) is 1.46. The van der Waals surface area contributed by atoms with Crippen LogP contribution >= 0.6 is 11.8 Å². The summed E-state index contributed by atoms with van der Waals surface area (Å²) in [5.41, 5.74) is 0. The Morgan fingerprint density at radius 1 is 1.28 bits per heavy atom. The minimum absolute atomic E-state index is 0.0907. The number of rotatable bonds is 4. The van der Waals surface area contributed by atoms with Gasteiger partial charge in [-0.1, -0.05) is 19.8 Å². The third-order valence-corrected chi connectivity index (χ3v) is 5.27. The van der Waals surface area contributed by atoms with E-state index in [1.54, 1.807) is 0 Å². The molecule has 0 aromatic rings. The zero-order valence-corrected chi connectivity index (χ0v) is 12.1. The maximum Gasteiger partial charge on any atom is 0.225 e. The number of ether oxygens (including phenoxy) is 1. The highest BCUT2D eigenvalue weighted by atomic mass is 32.2. The van der Waals surface area contributed by atoms with Crippen molar-refractivity contribution in [3.63, 3.8) is 0 Å². The first kappa shape index (κ1) is 14.2. The van der Waals surface area contributed by atoms with Crippen molar-refractivity contribution in [3.05, 3.63) is 0 Å². The first-order valence-electron chi connectivity index (χ1n) is 7.31. The van der Waals surface area contributed by atoms with Crippen LogP contribution in [0.3, 0.4) is 0 Å². The van der Waals surface area contributed by atoms with Gasteiger partial charge in [0.2, 0.25) is 5.91 Å². The SMILES string of the molecule is CCS[C@@H]1CCCC[C@@H]1NC(=O)[C@H]1CCCOC1. The lowest BCUT2D eigenvalue weighted by atomic mass is 9.93. The number of carbonyl (C=O) groups excluding carboxylic acids is 1. The lowest BCUT2D eigenvalue weighted by Crippen LogP contribution is -2.47. The molecule has 1 heterocycles. The molecule has 1 amide bonds. The number of thioether (sulfide) groups is 1. The summed E-state index contributed by atoms with van der Waals surface area (Å²) in [4.78, 5) is 12.2. The van der Waals surface area contributed by atoms with Crippen molar-refractivity contribution < 1.29 is 9.53 Å². The molecule has 0 spiro atoms. The van der Waals surface area contributed by atoms with E-state index in [4.69, 9.17) is 4.74 Å². The predicted molar refractivity (Wildman–Crippen MR) is 75.9 cm³/mol. The van der Waals surface area contributed by atoms with Crippen LogP contribution in [0.5, 0.6) is 0 Å². The van der Waals surface area contributed by atoms with Crippen molar-refractivity contribution in [1.82, 2.24) is 5.32 Å². The van der Waals surface area contributed by atoms with Gasteiger partial charge >= 0.3 is 0 Å². The van der Waals surface area contributed by atoms with Crippen molar-refractivity contribution >= 4 is 17.7 Å². The summed E-state index contributed by atoms with van der Waals surface area (Å²) in [5, 5.41) is 3.91. The van der Waals surface area contributed by atoms with Crippen LogP contribution < -0.4 is 5.32 Å². The zero-order valence-electron chi connectivity index (χ0n) is 11.3. The smallest absolute Gasteiger partial charge is 0.225 e. The molecular formula is C14H25NO2S. The number of amides is 1. The van der Waals surface area contributed by atoms with E-state index in [0.717, 1.165) is 31.6 Å². The van der Waals surface area contributed by atoms with Crippen LogP contribution in [-0.2, 0) is 9.53 Å². The number of hydrogen-bond acceptors (Lipinski definition) is 3. The standard InChI is InChI=1S/C14H25NO2S/c1-2-18-13-8-4-3-7-12(13)15-14(16)11-6-5-9-17-10-11/h11-13H,2-10H2,1H3,(H,15,16)/t11-,12-,13+/m0/s1. The van der Waals surface area contributed by atoms with E-state index in [9.17, 15) is 4.79 Å². The predicted octanol–water partition coefficient (Wildman–Crippen LogP) is 2.59. The lowest BCUT2D eigenvalue weighted by molar-refractivity contribution is -0.129. The number of nitrogens with one attached hydrogen (secondary N) is 1. The van der Waals surface area contributed by atoms with Gasteiger partial charge in [0.15, 0.2) is 0 Å². The van der Waals surface area contributed by atoms with Crippen LogP contribution in [0.1, 0.15) is 45.4 Å². The van der Waals surface area contributed by atoms with Crippen LogP contribution in [0.15, 0.2) is 0 Å².